The van der Waals surface area contributed by atoms with E-state index >= 15 is 0 Å². The summed E-state index contributed by atoms with van der Waals surface area (Å²) in [5.41, 5.74) is 0. The van der Waals surface area contributed by atoms with Crippen molar-refractivity contribution in [2.24, 2.45) is 0 Å². The van der Waals surface area contributed by atoms with Crippen LogP contribution in [0.3, 0.4) is 0 Å². The van der Waals surface area contributed by atoms with Gasteiger partial charge in [-0.1, -0.05) is 6.92 Å². The lowest BCUT2D eigenvalue weighted by Crippen LogP contribution is -2.39. The van der Waals surface area contributed by atoms with Crippen molar-refractivity contribution < 1.29 is 26.5 Å². The summed E-state index contributed by atoms with van der Waals surface area (Å²) in [6.07, 6.45) is -5.96. The molecule has 0 radical (unpaired) electrons. The first-order valence-electron chi connectivity index (χ1n) is 3.24. The van der Waals surface area contributed by atoms with Gasteiger partial charge in [0.25, 0.3) is 0 Å². The second-order valence-corrected chi connectivity index (χ2v) is 5.90. The number of hydrogen-bond acceptors (Lipinski definition) is 1. The van der Waals surface area contributed by atoms with Gasteiger partial charge in [-0.3, -0.25) is 0 Å². The number of alkyl halides is 3. The van der Waals surface area contributed by atoms with E-state index in [2.05, 4.69) is 0 Å². The van der Waals surface area contributed by atoms with Gasteiger partial charge in [0.2, 0.25) is 0 Å². The fourth-order valence-corrected chi connectivity index (χ4v) is 1.40. The molecule has 0 amide bonds. The van der Waals surface area contributed by atoms with Crippen LogP contribution >= 0.6 is 0 Å². The standard InChI is InChI=1S/C5H11F3O3S/c1-2-12(9,10,11)4-3-5(6,7)8/h2-4H2,1H3,(H2,9,10,11). The smallest absolute Gasteiger partial charge is 0.308 e. The fourth-order valence-electron chi connectivity index (χ4n) is 0.465. The van der Waals surface area contributed by atoms with Gasteiger partial charge in [-0.15, -0.1) is 0 Å². The fraction of sp³-hybridized carbons (Fsp3) is 1.00. The van der Waals surface area contributed by atoms with E-state index in [-0.39, 0.29) is 0 Å². The molecule has 0 unspecified atom stereocenters. The molecule has 3 nitrogen and oxygen atoms in total. The average molecular weight is 208 g/mol. The molecule has 12 heavy (non-hydrogen) atoms. The molecule has 0 aromatic carbocycles. The molecule has 0 aliphatic rings. The molecule has 0 saturated carbocycles. The van der Waals surface area contributed by atoms with Gasteiger partial charge in [0.15, 0.2) is 0 Å². The van der Waals surface area contributed by atoms with Crippen LogP contribution in [0, 0.1) is 0 Å². The Morgan fingerprint density at radius 1 is 1.33 bits per heavy atom. The van der Waals surface area contributed by atoms with E-state index in [1.165, 1.54) is 0 Å². The monoisotopic (exact) mass is 208 g/mol. The Bertz CT molecular complexity index is 216. The molecule has 0 rings (SSSR count). The second kappa shape index (κ2) is 2.97. The lowest BCUT2D eigenvalue weighted by atomic mass is 10.5. The number of halogens is 3. The molecular weight excluding hydrogens is 197 g/mol. The topological polar surface area (TPSA) is 57.5 Å². The summed E-state index contributed by atoms with van der Waals surface area (Å²) in [5, 5.41) is 0. The van der Waals surface area contributed by atoms with E-state index in [1.807, 2.05) is 0 Å². The quantitative estimate of drug-likeness (QED) is 0.742. The van der Waals surface area contributed by atoms with Crippen LogP contribution in [0.4, 0.5) is 13.2 Å². The maximum absolute atomic E-state index is 11.5. The summed E-state index contributed by atoms with van der Waals surface area (Å²) in [6.45, 7) is 1.16. The van der Waals surface area contributed by atoms with Gasteiger partial charge in [-0.05, 0) is 0 Å². The Morgan fingerprint density at radius 3 is 2.00 bits per heavy atom. The molecule has 76 valence electrons. The van der Waals surface area contributed by atoms with Gasteiger partial charge in [0.05, 0.1) is 21.8 Å². The number of rotatable bonds is 3. The van der Waals surface area contributed by atoms with E-state index in [0.717, 1.165) is 6.92 Å². The molecule has 0 aromatic rings. The van der Waals surface area contributed by atoms with Crippen molar-refractivity contribution in [2.45, 2.75) is 19.5 Å². The molecule has 0 fully saturated rings. The summed E-state index contributed by atoms with van der Waals surface area (Å²) < 4.78 is 63.0. The molecule has 0 atom stereocenters. The predicted octanol–water partition coefficient (Wildman–Crippen LogP) is 1.72. The lowest BCUT2D eigenvalue weighted by molar-refractivity contribution is -0.130. The molecule has 0 saturated heterocycles. The Morgan fingerprint density at radius 2 is 1.75 bits per heavy atom. The molecular formula is C5H11F3O3S. The van der Waals surface area contributed by atoms with Crippen molar-refractivity contribution in [1.29, 1.82) is 0 Å². The van der Waals surface area contributed by atoms with E-state index < -0.39 is 33.7 Å². The van der Waals surface area contributed by atoms with Gasteiger partial charge < -0.3 is 9.11 Å². The first-order valence-corrected chi connectivity index (χ1v) is 5.46. The van der Waals surface area contributed by atoms with Crippen molar-refractivity contribution in [1.82, 2.24) is 0 Å². The predicted molar refractivity (Wildman–Crippen MR) is 39.5 cm³/mol. The van der Waals surface area contributed by atoms with Crippen LogP contribution in [0.1, 0.15) is 13.3 Å². The summed E-state index contributed by atoms with van der Waals surface area (Å²) in [7, 11) is -4.98. The minimum absolute atomic E-state index is 0.576. The van der Waals surface area contributed by atoms with Crippen LogP contribution in [0.15, 0.2) is 0 Å². The second-order valence-electron chi connectivity index (χ2n) is 2.54. The number of hydrogen-bond donors (Lipinski definition) is 2. The van der Waals surface area contributed by atoms with Crippen LogP contribution in [0.5, 0.6) is 0 Å². The molecule has 0 spiro atoms. The Labute approximate surface area is 68.0 Å². The van der Waals surface area contributed by atoms with Gasteiger partial charge in [0.1, 0.15) is 0 Å². The largest absolute Gasteiger partial charge is 0.390 e. The third kappa shape index (κ3) is 5.50. The first kappa shape index (κ1) is 11.9. The van der Waals surface area contributed by atoms with Crippen molar-refractivity contribution in [2.75, 3.05) is 11.5 Å². The van der Waals surface area contributed by atoms with Crippen LogP contribution < -0.4 is 0 Å². The molecule has 2 N–H and O–H groups in total. The zero-order chi connectivity index (χ0) is 10.1. The van der Waals surface area contributed by atoms with Gasteiger partial charge in [-0.2, -0.15) is 13.2 Å². The molecule has 7 heteroatoms. The molecule has 0 aliphatic heterocycles. The third-order valence-corrected chi connectivity index (χ3v) is 3.56. The SMILES string of the molecule is CCS(=O)(O)(O)CCC(F)(F)F. The Hall–Kier alpha value is -0.140. The highest BCUT2D eigenvalue weighted by molar-refractivity contribution is 8.10. The molecule has 0 bridgehead atoms. The normalized spacial score (nSPS) is 17.0. The van der Waals surface area contributed by atoms with E-state index in [1.54, 1.807) is 0 Å². The average Bonchev–Trinajstić information content (AvgIpc) is 1.83. The summed E-state index contributed by atoms with van der Waals surface area (Å²) in [5.74, 6) is -1.72. The van der Waals surface area contributed by atoms with Gasteiger partial charge >= 0.3 is 6.18 Å². The van der Waals surface area contributed by atoms with E-state index in [9.17, 15) is 17.4 Å². The van der Waals surface area contributed by atoms with Crippen LogP contribution in [0.25, 0.3) is 0 Å². The summed E-state index contributed by atoms with van der Waals surface area (Å²) >= 11 is 0. The van der Waals surface area contributed by atoms with Crippen molar-refractivity contribution in [3.05, 3.63) is 0 Å². The minimum Gasteiger partial charge on any atom is -0.308 e. The Balaban J connectivity index is 4.20. The maximum Gasteiger partial charge on any atom is 0.390 e. The van der Waals surface area contributed by atoms with Crippen LogP contribution in [-0.2, 0) is 9.63 Å². The minimum atomic E-state index is -4.98. The van der Waals surface area contributed by atoms with Crippen LogP contribution in [-0.4, -0.2) is 31.0 Å². The third-order valence-electron chi connectivity index (χ3n) is 1.38. The molecule has 0 heterocycles. The van der Waals surface area contributed by atoms with Gasteiger partial charge in [-0.25, -0.2) is 4.21 Å². The highest BCUT2D eigenvalue weighted by Crippen LogP contribution is 2.26. The molecule has 0 aromatic heterocycles. The zero-order valence-corrected chi connectivity index (χ0v) is 7.28. The van der Waals surface area contributed by atoms with Gasteiger partial charge in [0, 0.05) is 5.75 Å². The first-order chi connectivity index (χ1) is 5.03. The van der Waals surface area contributed by atoms with E-state index in [0.29, 0.717) is 0 Å². The van der Waals surface area contributed by atoms with Crippen molar-refractivity contribution in [3.63, 3.8) is 0 Å². The maximum atomic E-state index is 11.5. The van der Waals surface area contributed by atoms with Crippen LogP contribution in [0.2, 0.25) is 0 Å². The molecule has 0 aliphatic carbocycles. The highest BCUT2D eigenvalue weighted by Gasteiger charge is 2.35. The zero-order valence-electron chi connectivity index (χ0n) is 6.47. The summed E-state index contributed by atoms with van der Waals surface area (Å²) in [4.78, 5) is 0. The highest BCUT2D eigenvalue weighted by atomic mass is 32.3. The van der Waals surface area contributed by atoms with Crippen molar-refractivity contribution >= 4 is 9.63 Å². The Kier molecular flexibility index (Phi) is 2.93. The van der Waals surface area contributed by atoms with E-state index in [4.69, 9.17) is 9.11 Å². The van der Waals surface area contributed by atoms with Crippen molar-refractivity contribution in [3.8, 4) is 0 Å². The summed E-state index contributed by atoms with van der Waals surface area (Å²) in [6, 6.07) is 0. The lowest BCUT2D eigenvalue weighted by Gasteiger charge is -2.29.